The first-order chi connectivity index (χ1) is 10.1. The third-order valence-electron chi connectivity index (χ3n) is 3.43. The number of hydrogen-bond donors (Lipinski definition) is 2. The van der Waals surface area contributed by atoms with Gasteiger partial charge in [0.15, 0.2) is 0 Å². The standard InChI is InChI=1S/C16H17BrN2OS/c1-10-15(17)8-14(21-10)9-18-12-4-2-11(3-5-12)16(20)19-13-6-7-13/h2-5,8,13,18H,6-7,9H2,1H3,(H,19,20). The van der Waals surface area contributed by atoms with Crippen molar-refractivity contribution in [2.75, 3.05) is 5.32 Å². The van der Waals surface area contributed by atoms with E-state index in [2.05, 4.69) is 39.6 Å². The van der Waals surface area contributed by atoms with E-state index >= 15 is 0 Å². The lowest BCUT2D eigenvalue weighted by atomic mass is 10.2. The molecule has 1 aliphatic rings. The minimum atomic E-state index is 0.0295. The summed E-state index contributed by atoms with van der Waals surface area (Å²) >= 11 is 5.31. The number of carbonyl (C=O) groups excluding carboxylic acids is 1. The smallest absolute Gasteiger partial charge is 0.251 e. The average molecular weight is 365 g/mol. The van der Waals surface area contributed by atoms with E-state index in [1.54, 1.807) is 11.3 Å². The summed E-state index contributed by atoms with van der Waals surface area (Å²) in [6, 6.07) is 10.2. The molecule has 1 aliphatic carbocycles. The molecule has 2 N–H and O–H groups in total. The maximum atomic E-state index is 11.9. The van der Waals surface area contributed by atoms with Crippen molar-refractivity contribution in [2.45, 2.75) is 32.4 Å². The van der Waals surface area contributed by atoms with Crippen LogP contribution in [0, 0.1) is 6.92 Å². The Balaban J connectivity index is 1.57. The highest BCUT2D eigenvalue weighted by Gasteiger charge is 2.23. The Morgan fingerprint density at radius 2 is 2.05 bits per heavy atom. The summed E-state index contributed by atoms with van der Waals surface area (Å²) in [5.41, 5.74) is 1.75. The minimum absolute atomic E-state index is 0.0295. The molecule has 110 valence electrons. The lowest BCUT2D eigenvalue weighted by Crippen LogP contribution is -2.25. The summed E-state index contributed by atoms with van der Waals surface area (Å²) in [5.74, 6) is 0.0295. The van der Waals surface area contributed by atoms with E-state index in [-0.39, 0.29) is 5.91 Å². The summed E-state index contributed by atoms with van der Waals surface area (Å²) in [7, 11) is 0. The van der Waals surface area contributed by atoms with Gasteiger partial charge in [-0.1, -0.05) is 0 Å². The molecule has 0 spiro atoms. The molecule has 1 fully saturated rings. The molecule has 1 heterocycles. The number of halogens is 1. The van der Waals surface area contributed by atoms with Gasteiger partial charge >= 0.3 is 0 Å². The summed E-state index contributed by atoms with van der Waals surface area (Å²) in [5, 5.41) is 6.37. The number of rotatable bonds is 5. The third-order valence-corrected chi connectivity index (χ3v) is 5.57. The van der Waals surface area contributed by atoms with Gasteiger partial charge in [-0.15, -0.1) is 11.3 Å². The predicted octanol–water partition coefficient (Wildman–Crippen LogP) is 4.32. The van der Waals surface area contributed by atoms with E-state index in [0.717, 1.165) is 35.1 Å². The molecular weight excluding hydrogens is 348 g/mol. The first-order valence-electron chi connectivity index (χ1n) is 7.01. The quantitative estimate of drug-likeness (QED) is 0.829. The predicted molar refractivity (Wildman–Crippen MR) is 91.0 cm³/mol. The topological polar surface area (TPSA) is 41.1 Å². The number of aryl methyl sites for hydroxylation is 1. The van der Waals surface area contributed by atoms with Crippen LogP contribution in [-0.4, -0.2) is 11.9 Å². The number of nitrogens with one attached hydrogen (secondary N) is 2. The molecule has 0 bridgehead atoms. The van der Waals surface area contributed by atoms with Crippen molar-refractivity contribution >= 4 is 38.9 Å². The van der Waals surface area contributed by atoms with Crippen LogP contribution in [0.3, 0.4) is 0 Å². The van der Waals surface area contributed by atoms with Gasteiger partial charge < -0.3 is 10.6 Å². The van der Waals surface area contributed by atoms with Gasteiger partial charge in [-0.2, -0.15) is 0 Å². The van der Waals surface area contributed by atoms with E-state index in [0.29, 0.717) is 6.04 Å². The number of hydrogen-bond acceptors (Lipinski definition) is 3. The fourth-order valence-corrected chi connectivity index (χ4v) is 3.57. The minimum Gasteiger partial charge on any atom is -0.380 e. The van der Waals surface area contributed by atoms with Crippen LogP contribution in [-0.2, 0) is 6.54 Å². The van der Waals surface area contributed by atoms with Crippen LogP contribution >= 0.6 is 27.3 Å². The lowest BCUT2D eigenvalue weighted by molar-refractivity contribution is 0.0951. The van der Waals surface area contributed by atoms with Gasteiger partial charge in [0.2, 0.25) is 0 Å². The van der Waals surface area contributed by atoms with E-state index < -0.39 is 0 Å². The van der Waals surface area contributed by atoms with Crippen molar-refractivity contribution in [1.29, 1.82) is 0 Å². The lowest BCUT2D eigenvalue weighted by Gasteiger charge is -2.07. The average Bonchev–Trinajstić information content (AvgIpc) is 3.23. The zero-order valence-corrected chi connectivity index (χ0v) is 14.2. The summed E-state index contributed by atoms with van der Waals surface area (Å²) in [4.78, 5) is 14.5. The molecule has 2 aromatic rings. The Morgan fingerprint density at radius 3 is 2.62 bits per heavy atom. The van der Waals surface area contributed by atoms with Gasteiger partial charge in [0, 0.05) is 38.1 Å². The Morgan fingerprint density at radius 1 is 1.33 bits per heavy atom. The van der Waals surface area contributed by atoms with Crippen molar-refractivity contribution in [3.05, 3.63) is 50.1 Å². The number of anilines is 1. The second-order valence-corrected chi connectivity index (χ2v) is 7.49. The van der Waals surface area contributed by atoms with Crippen LogP contribution in [0.4, 0.5) is 5.69 Å². The van der Waals surface area contributed by atoms with E-state index in [1.807, 2.05) is 24.3 Å². The van der Waals surface area contributed by atoms with Gasteiger partial charge in [-0.3, -0.25) is 4.79 Å². The molecule has 1 aromatic carbocycles. The molecule has 0 atom stereocenters. The van der Waals surface area contributed by atoms with Crippen molar-refractivity contribution in [3.8, 4) is 0 Å². The van der Waals surface area contributed by atoms with E-state index in [9.17, 15) is 4.79 Å². The SMILES string of the molecule is Cc1sc(CNc2ccc(C(=O)NC3CC3)cc2)cc1Br. The van der Waals surface area contributed by atoms with Crippen LogP contribution in [0.25, 0.3) is 0 Å². The van der Waals surface area contributed by atoms with Crippen molar-refractivity contribution in [2.24, 2.45) is 0 Å². The highest BCUT2D eigenvalue weighted by molar-refractivity contribution is 9.10. The van der Waals surface area contributed by atoms with Gasteiger partial charge in [0.1, 0.15) is 0 Å². The van der Waals surface area contributed by atoms with E-state index in [4.69, 9.17) is 0 Å². The van der Waals surface area contributed by atoms with Gasteiger partial charge in [0.05, 0.1) is 0 Å². The Kier molecular flexibility index (Phi) is 4.31. The van der Waals surface area contributed by atoms with Crippen molar-refractivity contribution in [3.63, 3.8) is 0 Å². The molecular formula is C16H17BrN2OS. The second kappa shape index (κ2) is 6.20. The fraction of sp³-hybridized carbons (Fsp3) is 0.312. The highest BCUT2D eigenvalue weighted by atomic mass is 79.9. The van der Waals surface area contributed by atoms with Crippen LogP contribution in [0.1, 0.15) is 33.0 Å². The van der Waals surface area contributed by atoms with Gasteiger partial charge in [0.25, 0.3) is 5.91 Å². The number of thiophene rings is 1. The monoisotopic (exact) mass is 364 g/mol. The molecule has 1 amide bonds. The molecule has 1 aromatic heterocycles. The summed E-state index contributed by atoms with van der Waals surface area (Å²) < 4.78 is 1.16. The Bertz CT molecular complexity index is 627. The number of carbonyl (C=O) groups is 1. The molecule has 0 radical (unpaired) electrons. The van der Waals surface area contributed by atoms with Gasteiger partial charge in [-0.25, -0.2) is 0 Å². The molecule has 3 rings (SSSR count). The zero-order valence-electron chi connectivity index (χ0n) is 11.8. The van der Waals surface area contributed by atoms with Crippen molar-refractivity contribution < 1.29 is 4.79 Å². The molecule has 21 heavy (non-hydrogen) atoms. The summed E-state index contributed by atoms with van der Waals surface area (Å²) in [6.45, 7) is 2.90. The first kappa shape index (κ1) is 14.6. The fourth-order valence-electron chi connectivity index (χ4n) is 2.03. The maximum absolute atomic E-state index is 11.9. The van der Waals surface area contributed by atoms with E-state index in [1.165, 1.54) is 9.75 Å². The number of benzene rings is 1. The molecule has 5 heteroatoms. The van der Waals surface area contributed by atoms with Crippen LogP contribution in [0.15, 0.2) is 34.8 Å². The summed E-state index contributed by atoms with van der Waals surface area (Å²) in [6.07, 6.45) is 2.22. The van der Waals surface area contributed by atoms with Crippen LogP contribution < -0.4 is 10.6 Å². The second-order valence-electron chi connectivity index (χ2n) is 5.30. The van der Waals surface area contributed by atoms with Crippen LogP contribution in [0.5, 0.6) is 0 Å². The van der Waals surface area contributed by atoms with Crippen molar-refractivity contribution in [1.82, 2.24) is 5.32 Å². The maximum Gasteiger partial charge on any atom is 0.251 e. The molecule has 0 aliphatic heterocycles. The molecule has 1 saturated carbocycles. The number of amides is 1. The Hall–Kier alpha value is -1.33. The zero-order chi connectivity index (χ0) is 14.8. The normalized spacial score (nSPS) is 14.0. The largest absolute Gasteiger partial charge is 0.380 e. The molecule has 0 unspecified atom stereocenters. The first-order valence-corrected chi connectivity index (χ1v) is 8.62. The van der Waals surface area contributed by atoms with Crippen LogP contribution in [0.2, 0.25) is 0 Å². The Labute approximate surface area is 136 Å². The highest BCUT2D eigenvalue weighted by Crippen LogP contribution is 2.27. The van der Waals surface area contributed by atoms with Gasteiger partial charge in [-0.05, 0) is 66.0 Å². The molecule has 3 nitrogen and oxygen atoms in total. The third kappa shape index (κ3) is 3.86. The molecule has 0 saturated heterocycles.